The summed E-state index contributed by atoms with van der Waals surface area (Å²) >= 11 is 0. The van der Waals surface area contributed by atoms with Crippen molar-refractivity contribution in [2.75, 3.05) is 36.5 Å². The number of urea groups is 1. The molecule has 4 N–H and O–H groups in total. The van der Waals surface area contributed by atoms with Crippen molar-refractivity contribution in [2.24, 2.45) is 11.7 Å². The van der Waals surface area contributed by atoms with Gasteiger partial charge in [-0.05, 0) is 24.3 Å². The van der Waals surface area contributed by atoms with Crippen LogP contribution < -0.4 is 21.3 Å². The molecule has 3 amide bonds. The maximum absolute atomic E-state index is 12.1. The van der Waals surface area contributed by atoms with Gasteiger partial charge in [-0.2, -0.15) is 0 Å². The number of benzene rings is 1. The molecule has 1 aromatic rings. The summed E-state index contributed by atoms with van der Waals surface area (Å²) in [6, 6.07) is 6.83. The molecular formula is C14H18N4O3. The van der Waals surface area contributed by atoms with Crippen LogP contribution in [0.15, 0.2) is 24.3 Å². The lowest BCUT2D eigenvalue weighted by Crippen LogP contribution is -2.37. The highest BCUT2D eigenvalue weighted by Gasteiger charge is 2.31. The summed E-state index contributed by atoms with van der Waals surface area (Å²) in [6.07, 6.45) is 0. The summed E-state index contributed by atoms with van der Waals surface area (Å²) in [4.78, 5) is 25.3. The summed E-state index contributed by atoms with van der Waals surface area (Å²) in [5, 5.41) is 5.57. The number of carbonyl (C=O) groups is 2. The molecule has 0 saturated carbocycles. The van der Waals surface area contributed by atoms with Crippen LogP contribution >= 0.6 is 0 Å². The first-order chi connectivity index (χ1) is 10.1. The molecule has 112 valence electrons. The Bertz CT molecular complexity index is 546. The molecule has 0 aromatic heterocycles. The number of rotatable bonds is 3. The lowest BCUT2D eigenvalue weighted by atomic mass is 10.0. The molecule has 0 radical (unpaired) electrons. The first-order valence-electron chi connectivity index (χ1n) is 6.95. The monoisotopic (exact) mass is 290 g/mol. The third-order valence-corrected chi connectivity index (χ3v) is 3.76. The molecule has 2 aliphatic rings. The number of ether oxygens (including phenoxy) is 1. The average Bonchev–Trinajstić information content (AvgIpc) is 3.08. The van der Waals surface area contributed by atoms with Gasteiger partial charge in [0.05, 0.1) is 19.1 Å². The van der Waals surface area contributed by atoms with Crippen LogP contribution in [0, 0.1) is 5.92 Å². The molecule has 7 nitrogen and oxygen atoms in total. The second-order valence-electron chi connectivity index (χ2n) is 5.23. The molecule has 0 bridgehead atoms. The van der Waals surface area contributed by atoms with Crippen molar-refractivity contribution < 1.29 is 14.3 Å². The van der Waals surface area contributed by atoms with Crippen LogP contribution in [0.4, 0.5) is 16.2 Å². The summed E-state index contributed by atoms with van der Waals surface area (Å²) in [6.45, 7) is 2.08. The van der Waals surface area contributed by atoms with Gasteiger partial charge in [0.2, 0.25) is 5.91 Å². The predicted octanol–water partition coefficient (Wildman–Crippen LogP) is 0.128. The average molecular weight is 290 g/mol. The number of anilines is 2. The van der Waals surface area contributed by atoms with Gasteiger partial charge >= 0.3 is 6.03 Å². The fourth-order valence-corrected chi connectivity index (χ4v) is 2.52. The van der Waals surface area contributed by atoms with E-state index in [2.05, 4.69) is 10.6 Å². The molecule has 2 heterocycles. The highest BCUT2D eigenvalue weighted by molar-refractivity contribution is 5.95. The van der Waals surface area contributed by atoms with Gasteiger partial charge in [-0.1, -0.05) is 0 Å². The Morgan fingerprint density at radius 3 is 2.67 bits per heavy atom. The Morgan fingerprint density at radius 2 is 2.10 bits per heavy atom. The number of carbonyl (C=O) groups excluding carboxylic acids is 2. The van der Waals surface area contributed by atoms with Crippen molar-refractivity contribution in [3.05, 3.63) is 24.3 Å². The summed E-state index contributed by atoms with van der Waals surface area (Å²) in [5.74, 6) is -0.444. The normalized spacial score (nSPS) is 25.0. The van der Waals surface area contributed by atoms with Gasteiger partial charge in [-0.25, -0.2) is 4.79 Å². The van der Waals surface area contributed by atoms with Crippen molar-refractivity contribution in [3.8, 4) is 0 Å². The number of hydrogen-bond donors (Lipinski definition) is 3. The van der Waals surface area contributed by atoms with E-state index < -0.39 is 0 Å². The molecule has 0 spiro atoms. The Balaban J connectivity index is 1.64. The van der Waals surface area contributed by atoms with Gasteiger partial charge in [-0.15, -0.1) is 0 Å². The van der Waals surface area contributed by atoms with Crippen LogP contribution in [-0.4, -0.2) is 44.3 Å². The smallest absolute Gasteiger partial charge is 0.321 e. The maximum atomic E-state index is 12.1. The van der Waals surface area contributed by atoms with E-state index in [4.69, 9.17) is 10.5 Å². The molecule has 2 fully saturated rings. The van der Waals surface area contributed by atoms with Crippen molar-refractivity contribution in [1.82, 2.24) is 5.32 Å². The molecule has 3 rings (SSSR count). The third-order valence-electron chi connectivity index (χ3n) is 3.76. The minimum absolute atomic E-state index is 0.0964. The first kappa shape index (κ1) is 13.8. The van der Waals surface area contributed by atoms with E-state index in [0.29, 0.717) is 32.0 Å². The van der Waals surface area contributed by atoms with Crippen LogP contribution in [0.2, 0.25) is 0 Å². The topological polar surface area (TPSA) is 96.7 Å². The second kappa shape index (κ2) is 5.71. The lowest BCUT2D eigenvalue weighted by molar-refractivity contribution is -0.120. The van der Waals surface area contributed by atoms with E-state index in [1.54, 1.807) is 17.0 Å². The fraction of sp³-hybridized carbons (Fsp3) is 0.429. The number of hydrogen-bond acceptors (Lipinski definition) is 4. The fourth-order valence-electron chi connectivity index (χ4n) is 2.52. The van der Waals surface area contributed by atoms with E-state index >= 15 is 0 Å². The Morgan fingerprint density at radius 1 is 1.33 bits per heavy atom. The standard InChI is InChI=1S/C14H18N4O3/c15-12-8-21-7-11(12)13(19)17-9-1-3-10(4-2-9)18-6-5-16-14(18)20/h1-4,11-12H,5-8,15H2,(H,16,20)(H,17,19). The van der Waals surface area contributed by atoms with Crippen LogP contribution in [0.5, 0.6) is 0 Å². The summed E-state index contributed by atoms with van der Waals surface area (Å²) < 4.78 is 5.19. The van der Waals surface area contributed by atoms with E-state index in [0.717, 1.165) is 5.69 Å². The van der Waals surface area contributed by atoms with Gasteiger partial charge in [-0.3, -0.25) is 9.69 Å². The molecule has 1 aromatic carbocycles. The quantitative estimate of drug-likeness (QED) is 0.737. The van der Waals surface area contributed by atoms with E-state index in [1.807, 2.05) is 12.1 Å². The maximum Gasteiger partial charge on any atom is 0.321 e. The van der Waals surface area contributed by atoms with Crippen molar-refractivity contribution in [3.63, 3.8) is 0 Å². The summed E-state index contributed by atoms with van der Waals surface area (Å²) in [5.41, 5.74) is 7.31. The van der Waals surface area contributed by atoms with Crippen LogP contribution in [0.3, 0.4) is 0 Å². The number of nitrogens with two attached hydrogens (primary N) is 1. The number of amides is 3. The molecule has 0 aliphatic carbocycles. The number of nitrogens with one attached hydrogen (secondary N) is 2. The Hall–Kier alpha value is -2.12. The second-order valence-corrected chi connectivity index (χ2v) is 5.23. The highest BCUT2D eigenvalue weighted by Crippen LogP contribution is 2.21. The van der Waals surface area contributed by atoms with E-state index in [1.165, 1.54) is 0 Å². The van der Waals surface area contributed by atoms with Crippen molar-refractivity contribution >= 4 is 23.3 Å². The molecule has 7 heteroatoms. The molecule has 21 heavy (non-hydrogen) atoms. The third kappa shape index (κ3) is 2.84. The first-order valence-corrected chi connectivity index (χ1v) is 6.95. The zero-order valence-electron chi connectivity index (χ0n) is 11.5. The lowest BCUT2D eigenvalue weighted by Gasteiger charge is -2.16. The molecule has 2 unspecified atom stereocenters. The molecule has 2 aliphatic heterocycles. The van der Waals surface area contributed by atoms with Crippen molar-refractivity contribution in [1.29, 1.82) is 0 Å². The molecule has 2 atom stereocenters. The van der Waals surface area contributed by atoms with Crippen molar-refractivity contribution in [2.45, 2.75) is 6.04 Å². The van der Waals surface area contributed by atoms with Gasteiger partial charge in [0.15, 0.2) is 0 Å². The predicted molar refractivity (Wildman–Crippen MR) is 78.1 cm³/mol. The van der Waals surface area contributed by atoms with Crippen LogP contribution in [0.1, 0.15) is 0 Å². The van der Waals surface area contributed by atoms with Gasteiger partial charge in [0.25, 0.3) is 0 Å². The Labute approximate surface area is 122 Å². The van der Waals surface area contributed by atoms with Gasteiger partial charge in [0, 0.05) is 30.5 Å². The van der Waals surface area contributed by atoms with Gasteiger partial charge in [0.1, 0.15) is 0 Å². The molecule has 2 saturated heterocycles. The molecular weight excluding hydrogens is 272 g/mol. The SMILES string of the molecule is NC1COCC1C(=O)Nc1ccc(N2CCNC2=O)cc1. The summed E-state index contributed by atoms with van der Waals surface area (Å²) in [7, 11) is 0. The minimum Gasteiger partial charge on any atom is -0.379 e. The zero-order chi connectivity index (χ0) is 14.8. The largest absolute Gasteiger partial charge is 0.379 e. The van der Waals surface area contributed by atoms with Crippen LogP contribution in [0.25, 0.3) is 0 Å². The minimum atomic E-state index is -0.311. The highest BCUT2D eigenvalue weighted by atomic mass is 16.5. The number of nitrogens with zero attached hydrogens (tertiary/aromatic N) is 1. The zero-order valence-corrected chi connectivity index (χ0v) is 11.5. The van der Waals surface area contributed by atoms with E-state index in [9.17, 15) is 9.59 Å². The van der Waals surface area contributed by atoms with Gasteiger partial charge < -0.3 is 21.1 Å². The van der Waals surface area contributed by atoms with Crippen LogP contribution in [-0.2, 0) is 9.53 Å². The van der Waals surface area contributed by atoms with E-state index in [-0.39, 0.29) is 23.9 Å². The Kier molecular flexibility index (Phi) is 3.76.